The van der Waals surface area contributed by atoms with Gasteiger partial charge in [0.05, 0.1) is 11.2 Å². The Bertz CT molecular complexity index is 907. The molecule has 0 radical (unpaired) electrons. The molecule has 0 aliphatic rings. The number of nitrogens with two attached hydrogens (primary N) is 1. The van der Waals surface area contributed by atoms with Crippen molar-refractivity contribution in [2.45, 2.75) is 6.92 Å². The minimum Gasteiger partial charge on any atom is -0.369 e. The van der Waals surface area contributed by atoms with E-state index in [1.165, 1.54) is 0 Å². The molecule has 3 aromatic rings. The maximum Gasteiger partial charge on any atom is 0.325 e. The van der Waals surface area contributed by atoms with E-state index in [0.29, 0.717) is 5.69 Å². The average molecular weight is 320 g/mol. The van der Waals surface area contributed by atoms with Crippen LogP contribution in [-0.4, -0.2) is 22.0 Å². The van der Waals surface area contributed by atoms with E-state index in [2.05, 4.69) is 25.6 Å². The number of nitrogens with zero attached hydrogens (tertiary/aromatic N) is 3. The highest BCUT2D eigenvalue weighted by atomic mass is 16.2. The number of anilines is 1. The van der Waals surface area contributed by atoms with Crippen LogP contribution in [0.15, 0.2) is 59.6 Å². The van der Waals surface area contributed by atoms with Crippen LogP contribution in [0.2, 0.25) is 0 Å². The fourth-order valence-corrected chi connectivity index (χ4v) is 2.21. The molecule has 0 atom stereocenters. The number of aliphatic imine (C=N–C) groups is 1. The lowest BCUT2D eigenvalue weighted by atomic mass is 10.2. The standard InChI is InChI=1S/C17H16N6O/c1-11-13-9-5-6-10-14(13)21-16(19-11)22-15(18)23-17(24)20-12-7-3-2-4-8-12/h2-10H,1H3,(H4,18,19,20,21,22,23,24). The van der Waals surface area contributed by atoms with Gasteiger partial charge in [-0.05, 0) is 25.1 Å². The Morgan fingerprint density at radius 1 is 1.04 bits per heavy atom. The van der Waals surface area contributed by atoms with Crippen LogP contribution in [0.3, 0.4) is 0 Å². The molecule has 1 heterocycles. The monoisotopic (exact) mass is 320 g/mol. The first kappa shape index (κ1) is 15.4. The Balaban J connectivity index is 1.75. The lowest BCUT2D eigenvalue weighted by molar-refractivity contribution is 0.256. The summed E-state index contributed by atoms with van der Waals surface area (Å²) >= 11 is 0. The van der Waals surface area contributed by atoms with Crippen LogP contribution < -0.4 is 16.4 Å². The molecule has 24 heavy (non-hydrogen) atoms. The molecule has 2 aromatic carbocycles. The van der Waals surface area contributed by atoms with E-state index in [1.54, 1.807) is 12.1 Å². The number of aromatic nitrogens is 2. The maximum atomic E-state index is 11.9. The zero-order valence-electron chi connectivity index (χ0n) is 13.0. The number of aryl methyl sites for hydroxylation is 1. The predicted molar refractivity (Wildman–Crippen MR) is 94.2 cm³/mol. The number of urea groups is 1. The molecule has 0 saturated heterocycles. The molecular formula is C17H16N6O. The molecule has 4 N–H and O–H groups in total. The van der Waals surface area contributed by atoms with Crippen LogP contribution in [0.5, 0.6) is 0 Å². The van der Waals surface area contributed by atoms with Crippen LogP contribution in [0.25, 0.3) is 10.9 Å². The van der Waals surface area contributed by atoms with Gasteiger partial charge in [-0.15, -0.1) is 0 Å². The van der Waals surface area contributed by atoms with Crippen molar-refractivity contribution in [2.75, 3.05) is 5.32 Å². The van der Waals surface area contributed by atoms with E-state index in [1.807, 2.05) is 49.4 Å². The SMILES string of the molecule is Cc1nc(N=C(N)NC(=O)Nc2ccccc2)nc2ccccc12. The van der Waals surface area contributed by atoms with Gasteiger partial charge in [0.25, 0.3) is 5.95 Å². The van der Waals surface area contributed by atoms with Gasteiger partial charge in [0.1, 0.15) is 0 Å². The van der Waals surface area contributed by atoms with Crippen LogP contribution in [0.4, 0.5) is 16.4 Å². The van der Waals surface area contributed by atoms with Gasteiger partial charge >= 0.3 is 6.03 Å². The second-order valence-electron chi connectivity index (χ2n) is 5.07. The summed E-state index contributed by atoms with van der Waals surface area (Å²) in [6, 6.07) is 16.2. The molecule has 120 valence electrons. The third-order valence-electron chi connectivity index (χ3n) is 3.28. The summed E-state index contributed by atoms with van der Waals surface area (Å²) in [6.45, 7) is 1.87. The molecule has 3 rings (SSSR count). The van der Waals surface area contributed by atoms with Crippen molar-refractivity contribution >= 4 is 34.5 Å². The number of rotatable bonds is 2. The van der Waals surface area contributed by atoms with Gasteiger partial charge < -0.3 is 11.1 Å². The second kappa shape index (κ2) is 6.74. The second-order valence-corrected chi connectivity index (χ2v) is 5.07. The Morgan fingerprint density at radius 3 is 2.54 bits per heavy atom. The summed E-state index contributed by atoms with van der Waals surface area (Å²) in [6.07, 6.45) is 0. The fourth-order valence-electron chi connectivity index (χ4n) is 2.21. The summed E-state index contributed by atoms with van der Waals surface area (Å²) < 4.78 is 0. The van der Waals surface area contributed by atoms with Crippen LogP contribution >= 0.6 is 0 Å². The van der Waals surface area contributed by atoms with Gasteiger partial charge in [-0.2, -0.15) is 4.99 Å². The number of benzene rings is 2. The summed E-state index contributed by atoms with van der Waals surface area (Å²) in [5.41, 5.74) is 7.97. The molecule has 0 aliphatic heterocycles. The molecule has 0 aliphatic carbocycles. The number of amides is 2. The molecule has 2 amide bonds. The van der Waals surface area contributed by atoms with Crippen molar-refractivity contribution < 1.29 is 4.79 Å². The lowest BCUT2D eigenvalue weighted by Crippen LogP contribution is -2.39. The molecule has 0 spiro atoms. The first-order valence-corrected chi connectivity index (χ1v) is 7.32. The Morgan fingerprint density at radius 2 is 1.75 bits per heavy atom. The van der Waals surface area contributed by atoms with Gasteiger partial charge in [-0.25, -0.2) is 14.8 Å². The highest BCUT2D eigenvalue weighted by Gasteiger charge is 2.06. The third-order valence-corrected chi connectivity index (χ3v) is 3.28. The van der Waals surface area contributed by atoms with Crippen molar-refractivity contribution in [3.05, 3.63) is 60.3 Å². The van der Waals surface area contributed by atoms with Crippen molar-refractivity contribution in [1.82, 2.24) is 15.3 Å². The van der Waals surface area contributed by atoms with Gasteiger partial charge in [0, 0.05) is 11.1 Å². The molecule has 0 saturated carbocycles. The number of hydrogen-bond donors (Lipinski definition) is 3. The molecule has 7 nitrogen and oxygen atoms in total. The van der Waals surface area contributed by atoms with Gasteiger partial charge in [-0.3, -0.25) is 5.32 Å². The van der Waals surface area contributed by atoms with Crippen LogP contribution in [0, 0.1) is 6.92 Å². The molecular weight excluding hydrogens is 304 g/mol. The normalized spacial score (nSPS) is 11.3. The number of nitrogens with one attached hydrogen (secondary N) is 2. The highest BCUT2D eigenvalue weighted by Crippen LogP contribution is 2.17. The van der Waals surface area contributed by atoms with Crippen LogP contribution in [-0.2, 0) is 0 Å². The number of hydrogen-bond acceptors (Lipinski definition) is 4. The zero-order chi connectivity index (χ0) is 16.9. The fraction of sp³-hybridized carbons (Fsp3) is 0.0588. The number of guanidine groups is 1. The first-order chi connectivity index (χ1) is 11.6. The summed E-state index contributed by atoms with van der Waals surface area (Å²) in [5, 5.41) is 6.04. The zero-order valence-corrected chi connectivity index (χ0v) is 13.0. The van der Waals surface area contributed by atoms with E-state index < -0.39 is 6.03 Å². The van der Waals surface area contributed by atoms with Crippen LogP contribution in [0.1, 0.15) is 5.69 Å². The van der Waals surface area contributed by atoms with E-state index in [0.717, 1.165) is 16.6 Å². The van der Waals surface area contributed by atoms with Crippen molar-refractivity contribution in [1.29, 1.82) is 0 Å². The highest BCUT2D eigenvalue weighted by molar-refractivity contribution is 6.02. The van der Waals surface area contributed by atoms with E-state index in [4.69, 9.17) is 5.73 Å². The quantitative estimate of drug-likeness (QED) is 0.498. The van der Waals surface area contributed by atoms with Gasteiger partial charge in [0.2, 0.25) is 5.96 Å². The molecule has 0 bridgehead atoms. The number of carbonyl (C=O) groups is 1. The Kier molecular flexibility index (Phi) is 4.33. The summed E-state index contributed by atoms with van der Waals surface area (Å²) in [7, 11) is 0. The Hall–Kier alpha value is -3.48. The molecule has 0 unspecified atom stereocenters. The van der Waals surface area contributed by atoms with E-state index in [-0.39, 0.29) is 11.9 Å². The smallest absolute Gasteiger partial charge is 0.325 e. The summed E-state index contributed by atoms with van der Waals surface area (Å²) in [4.78, 5) is 24.5. The number of fused-ring (bicyclic) bond motifs is 1. The topological polar surface area (TPSA) is 105 Å². The van der Waals surface area contributed by atoms with Gasteiger partial charge in [0.15, 0.2) is 0 Å². The third kappa shape index (κ3) is 3.64. The number of para-hydroxylation sites is 2. The van der Waals surface area contributed by atoms with Crippen molar-refractivity contribution in [3.8, 4) is 0 Å². The summed E-state index contributed by atoms with van der Waals surface area (Å²) in [5.74, 6) is 0.113. The Labute approximate surface area is 138 Å². The maximum absolute atomic E-state index is 11.9. The molecule has 1 aromatic heterocycles. The first-order valence-electron chi connectivity index (χ1n) is 7.32. The lowest BCUT2D eigenvalue weighted by Gasteiger charge is -2.07. The molecule has 7 heteroatoms. The largest absolute Gasteiger partial charge is 0.369 e. The van der Waals surface area contributed by atoms with E-state index in [9.17, 15) is 4.79 Å². The minimum absolute atomic E-state index is 0.0851. The molecule has 0 fully saturated rings. The van der Waals surface area contributed by atoms with Crippen molar-refractivity contribution in [3.63, 3.8) is 0 Å². The van der Waals surface area contributed by atoms with Crippen molar-refractivity contribution in [2.24, 2.45) is 10.7 Å². The van der Waals surface area contributed by atoms with E-state index >= 15 is 0 Å². The van der Waals surface area contributed by atoms with Gasteiger partial charge in [-0.1, -0.05) is 36.4 Å². The average Bonchev–Trinajstić information content (AvgIpc) is 2.55. The minimum atomic E-state index is -0.486. The number of carbonyl (C=O) groups excluding carboxylic acids is 1. The predicted octanol–water partition coefficient (Wildman–Crippen LogP) is 2.71.